The molecule has 0 unspecified atom stereocenters. The number of nitrogens with zero attached hydrogens (tertiary/aromatic N) is 1. The van der Waals surface area contributed by atoms with Gasteiger partial charge >= 0.3 is 0 Å². The summed E-state index contributed by atoms with van der Waals surface area (Å²) in [7, 11) is 0. The van der Waals surface area contributed by atoms with Crippen molar-refractivity contribution in [3.8, 4) is 0 Å². The summed E-state index contributed by atoms with van der Waals surface area (Å²) in [4.78, 5) is 4.59. The molecule has 0 aliphatic heterocycles. The highest BCUT2D eigenvalue weighted by atomic mass is 14.7. The molecular weight excluding hydrogens is 158 g/mol. The second-order valence-electron chi connectivity index (χ2n) is 4.24. The van der Waals surface area contributed by atoms with E-state index in [1.807, 2.05) is 0 Å². The van der Waals surface area contributed by atoms with Crippen molar-refractivity contribution in [1.29, 1.82) is 0 Å². The SMILES string of the molecule is Cc1ccc(C(C)C)c(C(C)C)n1. The zero-order chi connectivity index (χ0) is 10.0. The lowest BCUT2D eigenvalue weighted by Gasteiger charge is -2.14. The quantitative estimate of drug-likeness (QED) is 0.672. The maximum atomic E-state index is 4.59. The molecular formula is C12H19N. The van der Waals surface area contributed by atoms with Crippen molar-refractivity contribution in [3.05, 3.63) is 29.1 Å². The molecule has 0 atom stereocenters. The van der Waals surface area contributed by atoms with Gasteiger partial charge in [0.15, 0.2) is 0 Å². The number of hydrogen-bond acceptors (Lipinski definition) is 1. The van der Waals surface area contributed by atoms with Crippen LogP contribution in [0.5, 0.6) is 0 Å². The summed E-state index contributed by atoms with van der Waals surface area (Å²) in [5, 5.41) is 0. The van der Waals surface area contributed by atoms with E-state index in [0.717, 1.165) is 5.69 Å². The molecule has 0 aliphatic rings. The lowest BCUT2D eigenvalue weighted by atomic mass is 9.95. The van der Waals surface area contributed by atoms with Crippen LogP contribution in [0.3, 0.4) is 0 Å². The Kier molecular flexibility index (Phi) is 3.07. The monoisotopic (exact) mass is 177 g/mol. The van der Waals surface area contributed by atoms with Gasteiger partial charge in [-0.15, -0.1) is 0 Å². The van der Waals surface area contributed by atoms with Crippen LogP contribution < -0.4 is 0 Å². The van der Waals surface area contributed by atoms with Gasteiger partial charge < -0.3 is 0 Å². The fraction of sp³-hybridized carbons (Fsp3) is 0.583. The van der Waals surface area contributed by atoms with Gasteiger partial charge in [-0.3, -0.25) is 4.98 Å². The molecule has 0 saturated heterocycles. The Morgan fingerprint density at radius 2 is 1.62 bits per heavy atom. The Balaban J connectivity index is 3.19. The maximum absolute atomic E-state index is 4.59. The summed E-state index contributed by atoms with van der Waals surface area (Å²) in [6.07, 6.45) is 0. The molecule has 0 N–H and O–H groups in total. The molecule has 0 bridgehead atoms. The number of aromatic nitrogens is 1. The lowest BCUT2D eigenvalue weighted by molar-refractivity contribution is 0.752. The Labute approximate surface area is 81.2 Å². The highest BCUT2D eigenvalue weighted by molar-refractivity contribution is 5.27. The molecule has 1 heterocycles. The van der Waals surface area contributed by atoms with Crippen molar-refractivity contribution in [2.75, 3.05) is 0 Å². The fourth-order valence-corrected chi connectivity index (χ4v) is 1.54. The first-order valence-electron chi connectivity index (χ1n) is 4.99. The van der Waals surface area contributed by atoms with Crippen molar-refractivity contribution in [1.82, 2.24) is 4.98 Å². The Bertz CT molecular complexity index is 287. The van der Waals surface area contributed by atoms with Gasteiger partial charge in [-0.05, 0) is 30.4 Å². The number of aryl methyl sites for hydroxylation is 1. The van der Waals surface area contributed by atoms with E-state index in [4.69, 9.17) is 0 Å². The van der Waals surface area contributed by atoms with Crippen LogP contribution in [-0.2, 0) is 0 Å². The van der Waals surface area contributed by atoms with Crippen molar-refractivity contribution >= 4 is 0 Å². The number of rotatable bonds is 2. The number of hydrogen-bond donors (Lipinski definition) is 0. The Morgan fingerprint density at radius 3 is 2.08 bits per heavy atom. The van der Waals surface area contributed by atoms with Gasteiger partial charge in [-0.25, -0.2) is 0 Å². The van der Waals surface area contributed by atoms with Gasteiger partial charge in [0.2, 0.25) is 0 Å². The Hall–Kier alpha value is -0.850. The second kappa shape index (κ2) is 3.91. The first-order valence-corrected chi connectivity index (χ1v) is 4.99. The standard InChI is InChI=1S/C12H19N/c1-8(2)11-7-6-10(5)13-12(11)9(3)4/h6-9H,1-5H3. The minimum atomic E-state index is 0.525. The van der Waals surface area contributed by atoms with E-state index >= 15 is 0 Å². The van der Waals surface area contributed by atoms with Gasteiger partial charge in [-0.1, -0.05) is 33.8 Å². The molecule has 1 aromatic rings. The molecule has 13 heavy (non-hydrogen) atoms. The average Bonchev–Trinajstić information content (AvgIpc) is 2.03. The van der Waals surface area contributed by atoms with Gasteiger partial charge in [0.25, 0.3) is 0 Å². The minimum Gasteiger partial charge on any atom is -0.258 e. The third kappa shape index (κ3) is 2.30. The van der Waals surface area contributed by atoms with Crippen LogP contribution >= 0.6 is 0 Å². The van der Waals surface area contributed by atoms with Gasteiger partial charge in [0.1, 0.15) is 0 Å². The first kappa shape index (κ1) is 10.2. The lowest BCUT2D eigenvalue weighted by Crippen LogP contribution is -2.02. The predicted octanol–water partition coefficient (Wildman–Crippen LogP) is 3.64. The molecule has 1 nitrogen and oxygen atoms in total. The topological polar surface area (TPSA) is 12.9 Å². The van der Waals surface area contributed by atoms with Crippen LogP contribution in [0.25, 0.3) is 0 Å². The highest BCUT2D eigenvalue weighted by Crippen LogP contribution is 2.24. The Morgan fingerprint density at radius 1 is 1.00 bits per heavy atom. The van der Waals surface area contributed by atoms with E-state index in [0.29, 0.717) is 11.8 Å². The molecule has 0 aliphatic carbocycles. The van der Waals surface area contributed by atoms with Crippen molar-refractivity contribution < 1.29 is 0 Å². The van der Waals surface area contributed by atoms with E-state index in [2.05, 4.69) is 51.7 Å². The molecule has 72 valence electrons. The summed E-state index contributed by atoms with van der Waals surface area (Å²) in [6.45, 7) is 10.9. The molecule has 1 aromatic heterocycles. The van der Waals surface area contributed by atoms with Crippen molar-refractivity contribution in [3.63, 3.8) is 0 Å². The number of pyridine rings is 1. The van der Waals surface area contributed by atoms with Crippen LogP contribution in [-0.4, -0.2) is 4.98 Å². The molecule has 0 spiro atoms. The highest BCUT2D eigenvalue weighted by Gasteiger charge is 2.10. The maximum Gasteiger partial charge on any atom is 0.0466 e. The third-order valence-electron chi connectivity index (χ3n) is 2.27. The molecule has 1 heteroatoms. The normalized spacial score (nSPS) is 11.3. The minimum absolute atomic E-state index is 0.525. The third-order valence-corrected chi connectivity index (χ3v) is 2.27. The molecule has 0 fully saturated rings. The van der Waals surface area contributed by atoms with Gasteiger partial charge in [0, 0.05) is 11.4 Å². The van der Waals surface area contributed by atoms with E-state index in [-0.39, 0.29) is 0 Å². The second-order valence-corrected chi connectivity index (χ2v) is 4.24. The van der Waals surface area contributed by atoms with Crippen LogP contribution in [0.2, 0.25) is 0 Å². The molecule has 0 saturated carbocycles. The molecule has 0 aromatic carbocycles. The fourth-order valence-electron chi connectivity index (χ4n) is 1.54. The zero-order valence-electron chi connectivity index (χ0n) is 9.26. The van der Waals surface area contributed by atoms with Crippen LogP contribution in [0.1, 0.15) is 56.5 Å². The molecule has 0 amide bonds. The molecule has 0 radical (unpaired) electrons. The summed E-state index contributed by atoms with van der Waals surface area (Å²) in [6, 6.07) is 4.31. The summed E-state index contributed by atoms with van der Waals surface area (Å²) in [5.74, 6) is 1.10. The van der Waals surface area contributed by atoms with E-state index in [9.17, 15) is 0 Å². The largest absolute Gasteiger partial charge is 0.258 e. The van der Waals surface area contributed by atoms with Crippen molar-refractivity contribution in [2.45, 2.75) is 46.5 Å². The summed E-state index contributed by atoms with van der Waals surface area (Å²) >= 11 is 0. The van der Waals surface area contributed by atoms with E-state index in [1.54, 1.807) is 0 Å². The summed E-state index contributed by atoms with van der Waals surface area (Å²) < 4.78 is 0. The van der Waals surface area contributed by atoms with Gasteiger partial charge in [0.05, 0.1) is 0 Å². The van der Waals surface area contributed by atoms with Crippen LogP contribution in [0.4, 0.5) is 0 Å². The average molecular weight is 177 g/mol. The zero-order valence-corrected chi connectivity index (χ0v) is 9.26. The van der Waals surface area contributed by atoms with E-state index < -0.39 is 0 Å². The van der Waals surface area contributed by atoms with E-state index in [1.165, 1.54) is 11.3 Å². The van der Waals surface area contributed by atoms with Crippen LogP contribution in [0.15, 0.2) is 12.1 Å². The smallest absolute Gasteiger partial charge is 0.0466 e. The van der Waals surface area contributed by atoms with Crippen LogP contribution in [0, 0.1) is 6.92 Å². The summed E-state index contributed by atoms with van der Waals surface area (Å²) in [5.41, 5.74) is 3.77. The van der Waals surface area contributed by atoms with Crippen molar-refractivity contribution in [2.24, 2.45) is 0 Å². The first-order chi connectivity index (χ1) is 6.02. The molecule has 1 rings (SSSR count). The van der Waals surface area contributed by atoms with Gasteiger partial charge in [-0.2, -0.15) is 0 Å². The predicted molar refractivity (Wildman–Crippen MR) is 57.2 cm³/mol.